The van der Waals surface area contributed by atoms with Crippen LogP contribution in [-0.4, -0.2) is 7.28 Å². The number of benzene rings is 7. The summed E-state index contributed by atoms with van der Waals surface area (Å²) in [6.45, 7) is 37.1. The van der Waals surface area contributed by atoms with Gasteiger partial charge >= 0.3 is 0 Å². The molecular weight excluding hydrogens is 912 g/mol. The van der Waals surface area contributed by atoms with E-state index in [-0.39, 0.29) is 37.9 Å². The first-order valence-corrected chi connectivity index (χ1v) is 28.9. The number of anilines is 5. The third-order valence-electron chi connectivity index (χ3n) is 20.2. The van der Waals surface area contributed by atoms with Crippen LogP contribution in [0.3, 0.4) is 0 Å². The largest absolute Gasteiger partial charge is 0.355 e. The van der Waals surface area contributed by atoms with Crippen LogP contribution >= 0.6 is 11.3 Å². The van der Waals surface area contributed by atoms with Crippen LogP contribution in [0.1, 0.15) is 186 Å². The van der Waals surface area contributed by atoms with Crippen LogP contribution in [0.15, 0.2) is 109 Å². The topological polar surface area (TPSA) is 15.3 Å². The Hall–Kier alpha value is -5.58. The molecule has 0 radical (unpaired) electrons. The molecule has 74 heavy (non-hydrogen) atoms. The summed E-state index contributed by atoms with van der Waals surface area (Å²) in [5.74, 6) is 0. The molecule has 0 spiro atoms. The summed E-state index contributed by atoms with van der Waals surface area (Å²) < 4.78 is 2.70. The minimum atomic E-state index is -0.259. The van der Waals surface area contributed by atoms with Crippen molar-refractivity contribution >= 4 is 78.2 Å². The lowest BCUT2D eigenvalue weighted by molar-refractivity contribution is 0.332. The van der Waals surface area contributed by atoms with E-state index in [1.165, 1.54) is 164 Å². The Bertz CT molecular complexity index is 3740. The number of fused-ring (bicyclic) bond motifs is 13. The fourth-order valence-corrected chi connectivity index (χ4v) is 16.2. The van der Waals surface area contributed by atoms with E-state index < -0.39 is 0 Å². The average molecular weight is 989 g/mol. The molecule has 8 aromatic rings. The minimum Gasteiger partial charge on any atom is -0.355 e. The fourth-order valence-electron chi connectivity index (χ4n) is 15.1. The van der Waals surface area contributed by atoms with Gasteiger partial charge in [0.2, 0.25) is 0 Å². The number of nitrogens with one attached hydrogen (secondary N) is 1. The van der Waals surface area contributed by atoms with Gasteiger partial charge in [0.25, 0.3) is 0 Å². The smallest absolute Gasteiger partial charge is 0.198 e. The van der Waals surface area contributed by atoms with Gasteiger partial charge in [-0.3, -0.25) is 0 Å². The average Bonchev–Trinajstić information content (AvgIpc) is 3.87. The zero-order chi connectivity index (χ0) is 52.0. The van der Waals surface area contributed by atoms with Crippen LogP contribution in [0.2, 0.25) is 0 Å². The highest BCUT2D eigenvalue weighted by molar-refractivity contribution is 7.26. The second kappa shape index (κ2) is 15.5. The first-order chi connectivity index (χ1) is 34.8. The molecule has 1 aromatic heterocycles. The van der Waals surface area contributed by atoms with Gasteiger partial charge in [-0.1, -0.05) is 163 Å². The first-order valence-electron chi connectivity index (χ1n) is 28.1. The minimum absolute atomic E-state index is 0.0238. The van der Waals surface area contributed by atoms with Crippen molar-refractivity contribution in [2.75, 3.05) is 10.2 Å². The van der Waals surface area contributed by atoms with Crippen molar-refractivity contribution in [2.45, 2.75) is 180 Å². The summed E-state index contributed by atoms with van der Waals surface area (Å²) in [5, 5.41) is 7.00. The molecule has 376 valence electrons. The summed E-state index contributed by atoms with van der Waals surface area (Å²) >= 11 is 1.94. The third-order valence-corrected chi connectivity index (χ3v) is 21.3. The van der Waals surface area contributed by atoms with Crippen LogP contribution in [0.4, 0.5) is 28.4 Å². The Morgan fingerprint density at radius 1 is 0.459 bits per heavy atom. The molecule has 0 saturated carbocycles. The lowest BCUT2D eigenvalue weighted by Gasteiger charge is -2.45. The normalized spacial score (nSPS) is 20.3. The lowest BCUT2D eigenvalue weighted by atomic mass is 9.56. The van der Waals surface area contributed by atoms with Crippen molar-refractivity contribution in [2.24, 2.45) is 0 Å². The molecule has 7 aromatic carbocycles. The molecule has 0 atom stereocenters. The molecule has 5 aliphatic rings. The molecule has 13 rings (SSSR count). The summed E-state index contributed by atoms with van der Waals surface area (Å²) in [7, 11) is 0.840. The van der Waals surface area contributed by atoms with E-state index in [1.807, 2.05) is 11.3 Å². The standard InChI is InChI=1S/C70H77BN2S/c1-40-34-49-53(69(12,13)33-30-65(49,4)5)39-56(40)73-62-54(26-27-58-59(62)43-21-17-19-23-57(43)74-58)71-61-46(36-45-42-20-16-18-22-47(42)70(14,15)60(45)63(61)73)44-37-51-52(68(10,11)32-31-67(51,8)9)38-55(44)72-41-24-25-48-50(35-41)66(6,7)29-28-64(48,2)3/h16-27,34-39,71-72H,28-33H2,1-15H3. The lowest BCUT2D eigenvalue weighted by Crippen LogP contribution is -2.43. The number of hydrogen-bond donors (Lipinski definition) is 1. The van der Waals surface area contributed by atoms with Crippen LogP contribution in [0.5, 0.6) is 0 Å². The number of nitrogens with zero attached hydrogens (tertiary/aromatic N) is 1. The highest BCUT2D eigenvalue weighted by Crippen LogP contribution is 2.59. The monoisotopic (exact) mass is 989 g/mol. The van der Waals surface area contributed by atoms with Crippen molar-refractivity contribution in [3.05, 3.63) is 159 Å². The molecular formula is C70H77BN2S. The third kappa shape index (κ3) is 6.87. The Morgan fingerprint density at radius 2 is 1.03 bits per heavy atom. The number of rotatable bonds is 4. The van der Waals surface area contributed by atoms with Crippen molar-refractivity contribution < 1.29 is 0 Å². The Kier molecular flexibility index (Phi) is 10.1. The Labute approximate surface area is 447 Å². The van der Waals surface area contributed by atoms with Crippen LogP contribution in [0.25, 0.3) is 42.4 Å². The highest BCUT2D eigenvalue weighted by atomic mass is 32.1. The van der Waals surface area contributed by atoms with E-state index in [1.54, 1.807) is 0 Å². The molecule has 0 fully saturated rings. The molecule has 4 heteroatoms. The van der Waals surface area contributed by atoms with Gasteiger partial charge < -0.3 is 10.2 Å². The van der Waals surface area contributed by atoms with Gasteiger partial charge in [0.1, 0.15) is 0 Å². The van der Waals surface area contributed by atoms with E-state index in [0.717, 1.165) is 13.7 Å². The summed E-state index contributed by atoms with van der Waals surface area (Å²) in [6.07, 6.45) is 7.09. The van der Waals surface area contributed by atoms with E-state index in [0.29, 0.717) is 0 Å². The molecule has 1 aliphatic heterocycles. The maximum Gasteiger partial charge on any atom is 0.198 e. The molecule has 2 heterocycles. The molecule has 0 amide bonds. The molecule has 0 unspecified atom stereocenters. The number of aryl methyl sites for hydroxylation is 1. The van der Waals surface area contributed by atoms with Gasteiger partial charge in [0.05, 0.1) is 0 Å². The van der Waals surface area contributed by atoms with E-state index in [2.05, 4.69) is 223 Å². The maximum atomic E-state index is 4.26. The predicted octanol–water partition coefficient (Wildman–Crippen LogP) is 18.3. The van der Waals surface area contributed by atoms with Crippen LogP contribution in [0, 0.1) is 6.92 Å². The van der Waals surface area contributed by atoms with Gasteiger partial charge in [-0.2, -0.15) is 0 Å². The molecule has 0 saturated heterocycles. The zero-order valence-electron chi connectivity index (χ0n) is 47.2. The first kappa shape index (κ1) is 48.1. The highest BCUT2D eigenvalue weighted by Gasteiger charge is 2.46. The van der Waals surface area contributed by atoms with Crippen LogP contribution in [-0.2, 0) is 37.9 Å². The fraction of sp³-hybridized carbons (Fsp3) is 0.400. The SMILES string of the molecule is Cc1cc2c(cc1N1c3c(c(-c4cc5c(cc4Nc4ccc6c(c4)C(C)(C)CCC6(C)C)C(C)(C)CCC5(C)C)cc4c3C(C)(C)c3ccccc3-4)Bc3ccc4sc5ccccc5c4c31)C(C)(C)CCC2(C)C. The second-order valence-corrected chi connectivity index (χ2v) is 29.3. The van der Waals surface area contributed by atoms with E-state index in [9.17, 15) is 0 Å². The molecule has 0 bridgehead atoms. The summed E-state index contributed by atoms with van der Waals surface area (Å²) in [6, 6.07) is 44.0. The van der Waals surface area contributed by atoms with Gasteiger partial charge in [0, 0.05) is 59.6 Å². The second-order valence-electron chi connectivity index (χ2n) is 28.2. The summed E-state index contributed by atoms with van der Waals surface area (Å²) in [5.41, 5.74) is 28.0. The van der Waals surface area contributed by atoms with Crippen LogP contribution < -0.4 is 21.1 Å². The molecule has 1 N–H and O–H groups in total. The van der Waals surface area contributed by atoms with E-state index >= 15 is 0 Å². The van der Waals surface area contributed by atoms with Gasteiger partial charge in [-0.25, -0.2) is 0 Å². The number of thiophene rings is 1. The summed E-state index contributed by atoms with van der Waals surface area (Å²) in [4.78, 5) is 2.84. The number of hydrogen-bond acceptors (Lipinski definition) is 3. The Morgan fingerprint density at radius 3 is 1.70 bits per heavy atom. The Balaban J connectivity index is 1.16. The van der Waals surface area contributed by atoms with E-state index in [4.69, 9.17) is 0 Å². The van der Waals surface area contributed by atoms with Crippen molar-refractivity contribution in [1.29, 1.82) is 0 Å². The molecule has 4 aliphatic carbocycles. The van der Waals surface area contributed by atoms with Crippen molar-refractivity contribution in [3.63, 3.8) is 0 Å². The van der Waals surface area contributed by atoms with Crippen molar-refractivity contribution in [1.82, 2.24) is 0 Å². The predicted molar refractivity (Wildman–Crippen MR) is 324 cm³/mol. The zero-order valence-corrected chi connectivity index (χ0v) is 48.0. The van der Waals surface area contributed by atoms with Gasteiger partial charge in [0.15, 0.2) is 7.28 Å². The maximum absolute atomic E-state index is 4.26. The van der Waals surface area contributed by atoms with Gasteiger partial charge in [-0.15, -0.1) is 11.3 Å². The van der Waals surface area contributed by atoms with Gasteiger partial charge in [-0.05, 0) is 199 Å². The van der Waals surface area contributed by atoms with Crippen molar-refractivity contribution in [3.8, 4) is 22.3 Å². The molecule has 2 nitrogen and oxygen atoms in total. The quantitative estimate of drug-likeness (QED) is 0.177.